The van der Waals surface area contributed by atoms with Crippen molar-refractivity contribution >= 4 is 23.4 Å². The summed E-state index contributed by atoms with van der Waals surface area (Å²) >= 11 is 5.88. The molecule has 0 saturated carbocycles. The number of piperidine rings is 1. The van der Waals surface area contributed by atoms with Crippen LogP contribution in [-0.4, -0.2) is 36.0 Å². The van der Waals surface area contributed by atoms with Gasteiger partial charge in [0.05, 0.1) is 0 Å². The van der Waals surface area contributed by atoms with Gasteiger partial charge in [-0.3, -0.25) is 9.59 Å². The zero-order valence-electron chi connectivity index (χ0n) is 15.4. The topological polar surface area (TPSA) is 70.2 Å². The third-order valence-corrected chi connectivity index (χ3v) is 5.96. The van der Waals surface area contributed by atoms with Crippen molar-refractivity contribution in [1.29, 1.82) is 0 Å². The molecule has 2 bridgehead atoms. The van der Waals surface area contributed by atoms with Gasteiger partial charge < -0.3 is 16.0 Å². The van der Waals surface area contributed by atoms with E-state index in [0.717, 1.165) is 19.3 Å². The number of benzene rings is 1. The smallest absolute Gasteiger partial charge is 0.251 e. The number of hydrogen-bond acceptors (Lipinski definition) is 3. The van der Waals surface area contributed by atoms with Crippen molar-refractivity contribution in [2.45, 2.75) is 70.1 Å². The fourth-order valence-electron chi connectivity index (χ4n) is 3.99. The molecule has 6 heteroatoms. The third-order valence-electron chi connectivity index (χ3n) is 5.71. The van der Waals surface area contributed by atoms with E-state index in [-0.39, 0.29) is 23.8 Å². The molecule has 1 aromatic carbocycles. The fraction of sp³-hybridized carbons (Fsp3) is 0.600. The summed E-state index contributed by atoms with van der Waals surface area (Å²) in [4.78, 5) is 25.5. The van der Waals surface area contributed by atoms with E-state index < -0.39 is 6.04 Å². The van der Waals surface area contributed by atoms with Crippen LogP contribution in [0.1, 0.15) is 56.3 Å². The summed E-state index contributed by atoms with van der Waals surface area (Å²) in [6.45, 7) is 4.03. The van der Waals surface area contributed by atoms with Crippen LogP contribution in [0.15, 0.2) is 24.3 Å². The number of carbonyl (C=O) groups is 2. The normalized spacial score (nSPS) is 26.8. The molecule has 5 nitrogen and oxygen atoms in total. The number of nitrogens with one attached hydrogen (secondary N) is 3. The highest BCUT2D eigenvalue weighted by Gasteiger charge is 2.35. The van der Waals surface area contributed by atoms with Gasteiger partial charge in [-0.15, -0.1) is 0 Å². The molecule has 4 atom stereocenters. The van der Waals surface area contributed by atoms with Crippen molar-refractivity contribution in [2.24, 2.45) is 5.92 Å². The van der Waals surface area contributed by atoms with E-state index >= 15 is 0 Å². The number of fused-ring (bicyclic) bond motifs is 2. The van der Waals surface area contributed by atoms with E-state index in [2.05, 4.69) is 16.0 Å². The average molecular weight is 378 g/mol. The van der Waals surface area contributed by atoms with Crippen molar-refractivity contribution in [3.63, 3.8) is 0 Å². The Morgan fingerprint density at radius 3 is 2.38 bits per heavy atom. The Labute approximate surface area is 160 Å². The number of hydrogen-bond donors (Lipinski definition) is 3. The second kappa shape index (κ2) is 8.40. The van der Waals surface area contributed by atoms with Gasteiger partial charge in [0.25, 0.3) is 5.91 Å². The van der Waals surface area contributed by atoms with E-state index in [1.54, 1.807) is 24.3 Å². The second-order valence-electron chi connectivity index (χ2n) is 7.66. The van der Waals surface area contributed by atoms with Crippen LogP contribution in [-0.2, 0) is 4.79 Å². The van der Waals surface area contributed by atoms with E-state index in [0.29, 0.717) is 22.7 Å². The van der Waals surface area contributed by atoms with Gasteiger partial charge in [0.1, 0.15) is 6.04 Å². The lowest BCUT2D eigenvalue weighted by Crippen LogP contribution is -2.55. The molecule has 2 saturated heterocycles. The van der Waals surface area contributed by atoms with Crippen molar-refractivity contribution in [1.82, 2.24) is 16.0 Å². The number of rotatable bonds is 6. The minimum Gasteiger partial charge on any atom is -0.351 e. The Balaban J connectivity index is 1.64. The average Bonchev–Trinajstić information content (AvgIpc) is 2.97. The minimum absolute atomic E-state index is 0.0599. The summed E-state index contributed by atoms with van der Waals surface area (Å²) in [7, 11) is 0. The number of carbonyl (C=O) groups excluding carboxylic acids is 2. The molecule has 0 spiro atoms. The number of amides is 2. The molecule has 2 fully saturated rings. The highest BCUT2D eigenvalue weighted by atomic mass is 35.5. The zero-order valence-corrected chi connectivity index (χ0v) is 16.2. The van der Waals surface area contributed by atoms with Crippen LogP contribution in [0.4, 0.5) is 0 Å². The first-order chi connectivity index (χ1) is 12.5. The summed E-state index contributed by atoms with van der Waals surface area (Å²) in [6.07, 6.45) is 5.15. The van der Waals surface area contributed by atoms with Crippen molar-refractivity contribution in [3.05, 3.63) is 34.9 Å². The van der Waals surface area contributed by atoms with E-state index in [1.807, 2.05) is 13.8 Å². The summed E-state index contributed by atoms with van der Waals surface area (Å²) in [5, 5.41) is 10.3. The molecule has 2 heterocycles. The van der Waals surface area contributed by atoms with Gasteiger partial charge in [0.2, 0.25) is 5.91 Å². The zero-order chi connectivity index (χ0) is 18.7. The summed E-state index contributed by atoms with van der Waals surface area (Å²) in [5.74, 6) is -0.259. The van der Waals surface area contributed by atoms with Gasteiger partial charge in [-0.2, -0.15) is 0 Å². The van der Waals surface area contributed by atoms with Gasteiger partial charge in [-0.05, 0) is 55.9 Å². The molecule has 4 unspecified atom stereocenters. The van der Waals surface area contributed by atoms with Gasteiger partial charge >= 0.3 is 0 Å². The van der Waals surface area contributed by atoms with Crippen LogP contribution < -0.4 is 16.0 Å². The minimum atomic E-state index is -0.532. The van der Waals surface area contributed by atoms with Crippen molar-refractivity contribution < 1.29 is 9.59 Å². The van der Waals surface area contributed by atoms with Crippen LogP contribution in [0.3, 0.4) is 0 Å². The lowest BCUT2D eigenvalue weighted by atomic mass is 9.95. The Bertz CT molecular complexity index is 637. The highest BCUT2D eigenvalue weighted by molar-refractivity contribution is 6.30. The quantitative estimate of drug-likeness (QED) is 0.713. The maximum absolute atomic E-state index is 12.9. The molecule has 3 N–H and O–H groups in total. The SMILES string of the molecule is CCC(C)C(NC(=O)c1ccc(Cl)cc1)C(=O)NC1CC2CCC(C1)N2. The third kappa shape index (κ3) is 4.57. The molecule has 0 radical (unpaired) electrons. The van der Waals surface area contributed by atoms with Crippen LogP contribution in [0.5, 0.6) is 0 Å². The molecule has 2 amide bonds. The monoisotopic (exact) mass is 377 g/mol. The van der Waals surface area contributed by atoms with E-state index in [9.17, 15) is 9.59 Å². The molecule has 0 aliphatic carbocycles. The summed E-state index contributed by atoms with van der Waals surface area (Å²) in [5.41, 5.74) is 0.510. The van der Waals surface area contributed by atoms with Crippen molar-refractivity contribution in [3.8, 4) is 0 Å². The fourth-order valence-corrected chi connectivity index (χ4v) is 4.12. The summed E-state index contributed by atoms with van der Waals surface area (Å²) in [6, 6.07) is 7.41. The van der Waals surface area contributed by atoms with Crippen LogP contribution in [0, 0.1) is 5.92 Å². The highest BCUT2D eigenvalue weighted by Crippen LogP contribution is 2.27. The molecule has 2 aliphatic heterocycles. The molecular formula is C20H28ClN3O2. The van der Waals surface area contributed by atoms with Gasteiger partial charge in [0, 0.05) is 28.7 Å². The van der Waals surface area contributed by atoms with E-state index in [1.165, 1.54) is 12.8 Å². The first kappa shape index (κ1) is 19.2. The standard InChI is InChI=1S/C20H28ClN3O2/c1-3-12(2)18(24-19(25)13-4-6-14(21)7-5-13)20(26)23-17-10-15-8-9-16(11-17)22-15/h4-7,12,15-18,22H,3,8-11H2,1-2H3,(H,23,26)(H,24,25). The van der Waals surface area contributed by atoms with Crippen LogP contribution in [0.2, 0.25) is 5.02 Å². The Morgan fingerprint density at radius 1 is 1.19 bits per heavy atom. The molecule has 3 rings (SSSR count). The molecule has 1 aromatic rings. The maximum atomic E-state index is 12.9. The van der Waals surface area contributed by atoms with Gasteiger partial charge in [-0.25, -0.2) is 0 Å². The first-order valence-electron chi connectivity index (χ1n) is 9.59. The predicted molar refractivity (Wildman–Crippen MR) is 103 cm³/mol. The largest absolute Gasteiger partial charge is 0.351 e. The van der Waals surface area contributed by atoms with E-state index in [4.69, 9.17) is 11.6 Å². The first-order valence-corrected chi connectivity index (χ1v) is 9.97. The molecule has 0 aromatic heterocycles. The lowest BCUT2D eigenvalue weighted by molar-refractivity contribution is -0.125. The second-order valence-corrected chi connectivity index (χ2v) is 8.09. The summed E-state index contributed by atoms with van der Waals surface area (Å²) < 4.78 is 0. The van der Waals surface area contributed by atoms with Gasteiger partial charge in [-0.1, -0.05) is 31.9 Å². The van der Waals surface area contributed by atoms with Crippen LogP contribution in [0.25, 0.3) is 0 Å². The maximum Gasteiger partial charge on any atom is 0.251 e. The predicted octanol–water partition coefficient (Wildman–Crippen LogP) is 2.88. The van der Waals surface area contributed by atoms with Crippen molar-refractivity contribution in [2.75, 3.05) is 0 Å². The molecular weight excluding hydrogens is 350 g/mol. The van der Waals surface area contributed by atoms with Crippen LogP contribution >= 0.6 is 11.6 Å². The number of halogens is 1. The Kier molecular flexibility index (Phi) is 6.20. The molecule has 142 valence electrons. The molecule has 2 aliphatic rings. The Morgan fingerprint density at radius 2 is 1.81 bits per heavy atom. The molecule has 26 heavy (non-hydrogen) atoms. The lowest BCUT2D eigenvalue weighted by Gasteiger charge is -2.32. The Hall–Kier alpha value is -1.59. The van der Waals surface area contributed by atoms with Gasteiger partial charge in [0.15, 0.2) is 0 Å².